The topological polar surface area (TPSA) is 26.3 Å². The van der Waals surface area contributed by atoms with Gasteiger partial charge in [-0.25, -0.2) is 0 Å². The van der Waals surface area contributed by atoms with Crippen LogP contribution in [0.15, 0.2) is 12.2 Å². The van der Waals surface area contributed by atoms with Crippen molar-refractivity contribution in [1.82, 2.24) is 0 Å². The van der Waals surface area contributed by atoms with Crippen molar-refractivity contribution in [3.63, 3.8) is 0 Å². The highest BCUT2D eigenvalue weighted by atomic mass is 16.5. The van der Waals surface area contributed by atoms with E-state index in [1.165, 1.54) is 0 Å². The van der Waals surface area contributed by atoms with Gasteiger partial charge in [-0.1, -0.05) is 26.0 Å². The Bertz CT molecular complexity index is 194. The summed E-state index contributed by atoms with van der Waals surface area (Å²) in [5, 5.41) is 0. The van der Waals surface area contributed by atoms with Crippen molar-refractivity contribution in [3.05, 3.63) is 12.2 Å². The van der Waals surface area contributed by atoms with Crippen LogP contribution in [0.4, 0.5) is 0 Å². The summed E-state index contributed by atoms with van der Waals surface area (Å²) < 4.78 is 5.02. The molecule has 0 aromatic heterocycles. The quantitative estimate of drug-likeness (QED) is 0.466. The highest BCUT2D eigenvalue weighted by molar-refractivity contribution is 5.72. The van der Waals surface area contributed by atoms with Gasteiger partial charge in [-0.05, 0) is 12.8 Å². The van der Waals surface area contributed by atoms with E-state index in [1.807, 2.05) is 6.92 Å². The van der Waals surface area contributed by atoms with Crippen LogP contribution < -0.4 is 0 Å². The predicted octanol–water partition coefficient (Wildman–Crippen LogP) is 2.15. The van der Waals surface area contributed by atoms with Crippen LogP contribution in [0.3, 0.4) is 0 Å². The standard InChI is InChI=1S/C10H16O2/c1-7(2)4-5-9-6-10(11)12-8(9)3/h4-5,7-9H,6H2,1-3H3/b5-4+. The summed E-state index contributed by atoms with van der Waals surface area (Å²) >= 11 is 0. The molecule has 0 bridgehead atoms. The minimum absolute atomic E-state index is 0.0625. The van der Waals surface area contributed by atoms with Crippen LogP contribution in [0.5, 0.6) is 0 Å². The minimum Gasteiger partial charge on any atom is -0.462 e. The van der Waals surface area contributed by atoms with Crippen molar-refractivity contribution < 1.29 is 9.53 Å². The molecule has 1 saturated heterocycles. The second kappa shape index (κ2) is 3.74. The maximum Gasteiger partial charge on any atom is 0.306 e. The van der Waals surface area contributed by atoms with Gasteiger partial charge in [0.15, 0.2) is 0 Å². The van der Waals surface area contributed by atoms with Crippen LogP contribution in [-0.2, 0) is 9.53 Å². The Balaban J connectivity index is 2.48. The molecule has 12 heavy (non-hydrogen) atoms. The first-order chi connectivity index (χ1) is 5.59. The number of hydrogen-bond acceptors (Lipinski definition) is 2. The molecule has 2 nitrogen and oxygen atoms in total. The van der Waals surface area contributed by atoms with Crippen LogP contribution in [0.1, 0.15) is 27.2 Å². The SMILES string of the molecule is CC(C)/C=C/C1CC(=O)OC1C. The lowest BCUT2D eigenvalue weighted by atomic mass is 10.0. The Hall–Kier alpha value is -0.790. The first-order valence-electron chi connectivity index (χ1n) is 4.47. The Morgan fingerprint density at radius 3 is 2.67 bits per heavy atom. The molecule has 1 heterocycles. The molecule has 0 aliphatic carbocycles. The molecule has 0 amide bonds. The summed E-state index contributed by atoms with van der Waals surface area (Å²) in [6.45, 7) is 6.19. The van der Waals surface area contributed by atoms with Gasteiger partial charge in [0, 0.05) is 5.92 Å². The molecule has 2 atom stereocenters. The van der Waals surface area contributed by atoms with Crippen LogP contribution in [0.2, 0.25) is 0 Å². The van der Waals surface area contributed by atoms with E-state index in [0.29, 0.717) is 18.3 Å². The molecule has 0 saturated carbocycles. The fourth-order valence-corrected chi connectivity index (χ4v) is 1.29. The van der Waals surface area contributed by atoms with Gasteiger partial charge in [0.25, 0.3) is 0 Å². The Kier molecular flexibility index (Phi) is 2.90. The third kappa shape index (κ3) is 2.36. The molecule has 1 rings (SSSR count). The number of esters is 1. The third-order valence-corrected chi connectivity index (χ3v) is 2.07. The van der Waals surface area contributed by atoms with Crippen LogP contribution in [0.25, 0.3) is 0 Å². The average Bonchev–Trinajstić information content (AvgIpc) is 2.26. The minimum atomic E-state index is -0.0686. The van der Waals surface area contributed by atoms with Crippen LogP contribution >= 0.6 is 0 Å². The molecule has 0 aromatic rings. The summed E-state index contributed by atoms with van der Waals surface area (Å²) in [7, 11) is 0. The summed E-state index contributed by atoms with van der Waals surface area (Å²) in [6.07, 6.45) is 4.83. The summed E-state index contributed by atoms with van der Waals surface area (Å²) in [5.74, 6) is 0.772. The molecule has 1 fully saturated rings. The number of rotatable bonds is 2. The fourth-order valence-electron chi connectivity index (χ4n) is 1.29. The molecule has 1 aliphatic heterocycles. The van der Waals surface area contributed by atoms with Crippen molar-refractivity contribution in [3.8, 4) is 0 Å². The second-order valence-corrected chi connectivity index (χ2v) is 3.69. The van der Waals surface area contributed by atoms with E-state index < -0.39 is 0 Å². The molecule has 0 spiro atoms. The molecular weight excluding hydrogens is 152 g/mol. The van der Waals surface area contributed by atoms with Crippen molar-refractivity contribution in [1.29, 1.82) is 0 Å². The van der Waals surface area contributed by atoms with Gasteiger partial charge >= 0.3 is 5.97 Å². The zero-order valence-electron chi connectivity index (χ0n) is 7.91. The van der Waals surface area contributed by atoms with Gasteiger partial charge in [-0.2, -0.15) is 0 Å². The van der Waals surface area contributed by atoms with Gasteiger partial charge in [-0.3, -0.25) is 4.79 Å². The van der Waals surface area contributed by atoms with E-state index in [9.17, 15) is 4.79 Å². The lowest BCUT2D eigenvalue weighted by Crippen LogP contribution is -2.08. The number of hydrogen-bond donors (Lipinski definition) is 0. The van der Waals surface area contributed by atoms with Gasteiger partial charge < -0.3 is 4.74 Å². The molecule has 68 valence electrons. The Morgan fingerprint density at radius 1 is 1.58 bits per heavy atom. The fraction of sp³-hybridized carbons (Fsp3) is 0.700. The maximum absolute atomic E-state index is 10.9. The summed E-state index contributed by atoms with van der Waals surface area (Å²) in [5.41, 5.74) is 0. The molecule has 2 unspecified atom stereocenters. The first kappa shape index (κ1) is 9.30. The third-order valence-electron chi connectivity index (χ3n) is 2.07. The van der Waals surface area contributed by atoms with E-state index in [1.54, 1.807) is 0 Å². The van der Waals surface area contributed by atoms with Crippen LogP contribution in [-0.4, -0.2) is 12.1 Å². The van der Waals surface area contributed by atoms with Gasteiger partial charge in [0.05, 0.1) is 6.42 Å². The Morgan fingerprint density at radius 2 is 2.25 bits per heavy atom. The van der Waals surface area contributed by atoms with Gasteiger partial charge in [0.2, 0.25) is 0 Å². The Labute approximate surface area is 73.6 Å². The predicted molar refractivity (Wildman–Crippen MR) is 47.6 cm³/mol. The zero-order valence-corrected chi connectivity index (χ0v) is 7.91. The molecule has 2 heteroatoms. The highest BCUT2D eigenvalue weighted by Crippen LogP contribution is 2.23. The van der Waals surface area contributed by atoms with Crippen molar-refractivity contribution >= 4 is 5.97 Å². The van der Waals surface area contributed by atoms with Gasteiger partial charge in [-0.15, -0.1) is 0 Å². The van der Waals surface area contributed by atoms with Crippen LogP contribution in [0, 0.1) is 11.8 Å². The molecular formula is C10H16O2. The number of carbonyl (C=O) groups is 1. The van der Waals surface area contributed by atoms with E-state index in [2.05, 4.69) is 26.0 Å². The second-order valence-electron chi connectivity index (χ2n) is 3.69. The normalized spacial score (nSPS) is 30.2. The van der Waals surface area contributed by atoms with E-state index >= 15 is 0 Å². The molecule has 1 aliphatic rings. The number of allylic oxidation sites excluding steroid dienone is 1. The number of carbonyl (C=O) groups excluding carboxylic acids is 1. The average molecular weight is 168 g/mol. The number of cyclic esters (lactones) is 1. The smallest absolute Gasteiger partial charge is 0.306 e. The highest BCUT2D eigenvalue weighted by Gasteiger charge is 2.28. The lowest BCUT2D eigenvalue weighted by Gasteiger charge is -2.07. The molecule has 0 N–H and O–H groups in total. The summed E-state index contributed by atoms with van der Waals surface area (Å²) in [4.78, 5) is 10.9. The first-order valence-corrected chi connectivity index (χ1v) is 4.47. The molecule has 0 radical (unpaired) electrons. The molecule has 0 aromatic carbocycles. The monoisotopic (exact) mass is 168 g/mol. The zero-order chi connectivity index (χ0) is 9.14. The number of ether oxygens (including phenoxy) is 1. The lowest BCUT2D eigenvalue weighted by molar-refractivity contribution is -0.140. The summed E-state index contributed by atoms with van der Waals surface area (Å²) in [6, 6.07) is 0. The van der Waals surface area contributed by atoms with E-state index in [-0.39, 0.29) is 12.1 Å². The van der Waals surface area contributed by atoms with Crippen molar-refractivity contribution in [2.45, 2.75) is 33.3 Å². The van der Waals surface area contributed by atoms with E-state index in [4.69, 9.17) is 4.74 Å². The van der Waals surface area contributed by atoms with E-state index in [0.717, 1.165) is 0 Å². The van der Waals surface area contributed by atoms with Gasteiger partial charge in [0.1, 0.15) is 6.10 Å². The van der Waals surface area contributed by atoms with Crippen molar-refractivity contribution in [2.24, 2.45) is 11.8 Å². The largest absolute Gasteiger partial charge is 0.462 e. The maximum atomic E-state index is 10.9. The van der Waals surface area contributed by atoms with Crippen molar-refractivity contribution in [2.75, 3.05) is 0 Å².